The van der Waals surface area contributed by atoms with Crippen molar-refractivity contribution in [1.82, 2.24) is 4.90 Å². The summed E-state index contributed by atoms with van der Waals surface area (Å²) in [7, 11) is 0. The Morgan fingerprint density at radius 3 is 2.42 bits per heavy atom. The van der Waals surface area contributed by atoms with Crippen molar-refractivity contribution >= 4 is 17.4 Å². The normalized spacial score (nSPS) is 26.6. The number of halogens is 1. The molecule has 102 valence electrons. The van der Waals surface area contributed by atoms with E-state index in [2.05, 4.69) is 4.90 Å². The van der Waals surface area contributed by atoms with Gasteiger partial charge in [0.1, 0.15) is 0 Å². The standard InChI is InChI=1S/C16H20ClNO/c17-15-6-4-12(5-7-15)16(19)8-9-18-10-13-2-1-3-14(13)11-18/h4-7,13-14H,1-3,8-11H2. The fourth-order valence-corrected chi connectivity index (χ4v) is 3.68. The van der Waals surface area contributed by atoms with Crippen molar-refractivity contribution in [2.24, 2.45) is 11.8 Å². The van der Waals surface area contributed by atoms with Crippen LogP contribution in [0.5, 0.6) is 0 Å². The van der Waals surface area contributed by atoms with E-state index in [0.717, 1.165) is 23.9 Å². The van der Waals surface area contributed by atoms with Gasteiger partial charge in [0.05, 0.1) is 0 Å². The smallest absolute Gasteiger partial charge is 0.164 e. The molecule has 0 bridgehead atoms. The van der Waals surface area contributed by atoms with Gasteiger partial charge in [0, 0.05) is 36.6 Å². The first-order valence-corrected chi connectivity index (χ1v) is 7.61. The Balaban J connectivity index is 1.50. The molecule has 2 unspecified atom stereocenters. The van der Waals surface area contributed by atoms with Gasteiger partial charge in [-0.15, -0.1) is 0 Å². The fraction of sp³-hybridized carbons (Fsp3) is 0.562. The Labute approximate surface area is 119 Å². The summed E-state index contributed by atoms with van der Waals surface area (Å²) in [6.07, 6.45) is 4.83. The Bertz CT molecular complexity index is 444. The number of hydrogen-bond donors (Lipinski definition) is 0. The SMILES string of the molecule is O=C(CCN1CC2CCCC2C1)c1ccc(Cl)cc1. The summed E-state index contributed by atoms with van der Waals surface area (Å²) in [6, 6.07) is 7.22. The van der Waals surface area contributed by atoms with Gasteiger partial charge in [0.2, 0.25) is 0 Å². The molecule has 0 amide bonds. The average molecular weight is 278 g/mol. The van der Waals surface area contributed by atoms with Gasteiger partial charge in [-0.2, -0.15) is 0 Å². The van der Waals surface area contributed by atoms with Gasteiger partial charge >= 0.3 is 0 Å². The van der Waals surface area contributed by atoms with E-state index >= 15 is 0 Å². The van der Waals surface area contributed by atoms with Gasteiger partial charge in [-0.05, 0) is 48.9 Å². The van der Waals surface area contributed by atoms with Crippen LogP contribution in [-0.4, -0.2) is 30.3 Å². The van der Waals surface area contributed by atoms with Crippen LogP contribution in [0.4, 0.5) is 0 Å². The van der Waals surface area contributed by atoms with E-state index in [4.69, 9.17) is 11.6 Å². The molecule has 3 rings (SSSR count). The summed E-state index contributed by atoms with van der Waals surface area (Å²) >= 11 is 5.83. The molecule has 2 fully saturated rings. The van der Waals surface area contributed by atoms with Crippen molar-refractivity contribution in [3.8, 4) is 0 Å². The van der Waals surface area contributed by atoms with Gasteiger partial charge in [-0.25, -0.2) is 0 Å². The zero-order valence-electron chi connectivity index (χ0n) is 11.1. The molecule has 0 spiro atoms. The summed E-state index contributed by atoms with van der Waals surface area (Å²) in [6.45, 7) is 3.32. The van der Waals surface area contributed by atoms with Crippen LogP contribution >= 0.6 is 11.6 Å². The monoisotopic (exact) mass is 277 g/mol. The molecular formula is C16H20ClNO. The second kappa shape index (κ2) is 5.64. The number of rotatable bonds is 4. The first-order chi connectivity index (χ1) is 9.22. The summed E-state index contributed by atoms with van der Waals surface area (Å²) in [4.78, 5) is 14.6. The predicted molar refractivity (Wildman–Crippen MR) is 77.7 cm³/mol. The zero-order valence-corrected chi connectivity index (χ0v) is 11.9. The summed E-state index contributed by atoms with van der Waals surface area (Å²) in [5, 5.41) is 0.684. The van der Waals surface area contributed by atoms with Crippen LogP contribution in [-0.2, 0) is 0 Å². The second-order valence-electron chi connectivity index (χ2n) is 5.89. The van der Waals surface area contributed by atoms with E-state index in [1.54, 1.807) is 12.1 Å². The third-order valence-electron chi connectivity index (χ3n) is 4.62. The molecule has 1 aromatic rings. The van der Waals surface area contributed by atoms with Gasteiger partial charge in [-0.1, -0.05) is 18.0 Å². The lowest BCUT2D eigenvalue weighted by atomic mass is 10.0. The van der Waals surface area contributed by atoms with Crippen LogP contribution in [0.15, 0.2) is 24.3 Å². The molecule has 0 N–H and O–H groups in total. The Morgan fingerprint density at radius 1 is 1.16 bits per heavy atom. The third-order valence-corrected chi connectivity index (χ3v) is 4.88. The van der Waals surface area contributed by atoms with Crippen molar-refractivity contribution in [3.63, 3.8) is 0 Å². The fourth-order valence-electron chi connectivity index (χ4n) is 3.55. The zero-order chi connectivity index (χ0) is 13.2. The lowest BCUT2D eigenvalue weighted by Gasteiger charge is -2.15. The van der Waals surface area contributed by atoms with E-state index < -0.39 is 0 Å². The van der Waals surface area contributed by atoms with Gasteiger partial charge < -0.3 is 4.90 Å². The minimum Gasteiger partial charge on any atom is -0.302 e. The number of carbonyl (C=O) groups is 1. The first-order valence-electron chi connectivity index (χ1n) is 7.23. The van der Waals surface area contributed by atoms with Crippen molar-refractivity contribution < 1.29 is 4.79 Å². The molecular weight excluding hydrogens is 258 g/mol. The molecule has 0 radical (unpaired) electrons. The molecule has 1 heterocycles. The number of fused-ring (bicyclic) bond motifs is 1. The summed E-state index contributed by atoms with van der Waals surface area (Å²) in [5.74, 6) is 2.05. The van der Waals surface area contributed by atoms with E-state index in [-0.39, 0.29) is 5.78 Å². The summed E-state index contributed by atoms with van der Waals surface area (Å²) < 4.78 is 0. The highest BCUT2D eigenvalue weighted by Gasteiger charge is 2.35. The van der Waals surface area contributed by atoms with Crippen LogP contribution < -0.4 is 0 Å². The Morgan fingerprint density at radius 2 is 1.79 bits per heavy atom. The van der Waals surface area contributed by atoms with Gasteiger partial charge in [0.25, 0.3) is 0 Å². The first kappa shape index (κ1) is 13.1. The topological polar surface area (TPSA) is 20.3 Å². The Kier molecular flexibility index (Phi) is 3.90. The van der Waals surface area contributed by atoms with E-state index in [0.29, 0.717) is 11.4 Å². The number of nitrogens with zero attached hydrogens (tertiary/aromatic N) is 1. The number of likely N-dealkylation sites (tertiary alicyclic amines) is 1. The van der Waals surface area contributed by atoms with Crippen LogP contribution in [0.1, 0.15) is 36.0 Å². The largest absolute Gasteiger partial charge is 0.302 e. The number of Topliss-reactive ketones (excluding diaryl/α,β-unsaturated/α-hetero) is 1. The van der Waals surface area contributed by atoms with Crippen LogP contribution in [0.3, 0.4) is 0 Å². The molecule has 1 saturated carbocycles. The highest BCUT2D eigenvalue weighted by molar-refractivity contribution is 6.30. The lowest BCUT2D eigenvalue weighted by Crippen LogP contribution is -2.24. The van der Waals surface area contributed by atoms with E-state index in [1.165, 1.54) is 32.4 Å². The predicted octanol–water partition coefficient (Wildman–Crippen LogP) is 3.64. The maximum absolute atomic E-state index is 12.1. The van der Waals surface area contributed by atoms with Crippen LogP contribution in [0, 0.1) is 11.8 Å². The molecule has 2 nitrogen and oxygen atoms in total. The highest BCUT2D eigenvalue weighted by atomic mass is 35.5. The minimum atomic E-state index is 0.230. The van der Waals surface area contributed by atoms with Gasteiger partial charge in [-0.3, -0.25) is 4.79 Å². The molecule has 2 atom stereocenters. The molecule has 19 heavy (non-hydrogen) atoms. The maximum atomic E-state index is 12.1. The third kappa shape index (κ3) is 3.01. The quantitative estimate of drug-likeness (QED) is 0.783. The van der Waals surface area contributed by atoms with E-state index in [1.807, 2.05) is 12.1 Å². The second-order valence-corrected chi connectivity index (χ2v) is 6.33. The number of ketones is 1. The Hall–Kier alpha value is -0.860. The van der Waals surface area contributed by atoms with Gasteiger partial charge in [0.15, 0.2) is 5.78 Å². The molecule has 1 saturated heterocycles. The number of carbonyl (C=O) groups excluding carboxylic acids is 1. The summed E-state index contributed by atoms with van der Waals surface area (Å²) in [5.41, 5.74) is 0.781. The van der Waals surface area contributed by atoms with Crippen molar-refractivity contribution in [2.45, 2.75) is 25.7 Å². The molecule has 1 aliphatic heterocycles. The molecule has 3 heteroatoms. The molecule has 0 aromatic heterocycles. The minimum absolute atomic E-state index is 0.230. The average Bonchev–Trinajstić information content (AvgIpc) is 2.97. The number of benzene rings is 1. The lowest BCUT2D eigenvalue weighted by molar-refractivity contribution is 0.0967. The van der Waals surface area contributed by atoms with Crippen molar-refractivity contribution in [3.05, 3.63) is 34.9 Å². The molecule has 1 aliphatic carbocycles. The number of hydrogen-bond acceptors (Lipinski definition) is 2. The highest BCUT2D eigenvalue weighted by Crippen LogP contribution is 2.37. The van der Waals surface area contributed by atoms with Crippen molar-refractivity contribution in [1.29, 1.82) is 0 Å². The maximum Gasteiger partial charge on any atom is 0.164 e. The van der Waals surface area contributed by atoms with Crippen molar-refractivity contribution in [2.75, 3.05) is 19.6 Å². The molecule has 2 aliphatic rings. The van der Waals surface area contributed by atoms with Crippen LogP contribution in [0.2, 0.25) is 5.02 Å². The van der Waals surface area contributed by atoms with E-state index in [9.17, 15) is 4.79 Å². The molecule has 1 aromatic carbocycles. The van der Waals surface area contributed by atoms with Crippen LogP contribution in [0.25, 0.3) is 0 Å².